The Morgan fingerprint density at radius 2 is 2.04 bits per heavy atom. The number of likely N-dealkylation sites (N-methyl/N-ethyl adjacent to an activating group) is 1. The van der Waals surface area contributed by atoms with E-state index in [2.05, 4.69) is 5.32 Å². The van der Waals surface area contributed by atoms with Crippen LogP contribution in [0.4, 0.5) is 0 Å². The van der Waals surface area contributed by atoms with Gasteiger partial charge < -0.3 is 19.9 Å². The number of carbonyl (C=O) groups is 3. The summed E-state index contributed by atoms with van der Waals surface area (Å²) < 4.78 is 5.66. The lowest BCUT2D eigenvalue weighted by Gasteiger charge is -2.40. The molecule has 0 aliphatic carbocycles. The maximum Gasteiger partial charge on any atom is 0.254 e. The normalized spacial score (nSPS) is 24.7. The van der Waals surface area contributed by atoms with Crippen molar-refractivity contribution in [2.45, 2.75) is 25.5 Å². The summed E-state index contributed by atoms with van der Waals surface area (Å²) in [6.45, 7) is 2.90. The quantitative estimate of drug-likeness (QED) is 0.833. The van der Waals surface area contributed by atoms with E-state index in [1.54, 1.807) is 11.9 Å². The third-order valence-corrected chi connectivity index (χ3v) is 4.81. The van der Waals surface area contributed by atoms with Crippen LogP contribution >= 0.6 is 0 Å². The molecule has 3 amide bonds. The van der Waals surface area contributed by atoms with Gasteiger partial charge in [0.1, 0.15) is 6.61 Å². The standard InChI is InChI=1S/C18H23N3O4/c1-12-6-3-4-7-13(12)16-17(25-11-15(23)20(16)2)18(24)21-9-5-8-19-14(22)10-21/h3-4,6-7,16-17H,5,8-11H2,1-2H3,(H,19,22)/t16-,17+/m1/s1. The van der Waals surface area contributed by atoms with Crippen molar-refractivity contribution in [3.8, 4) is 0 Å². The van der Waals surface area contributed by atoms with Crippen molar-refractivity contribution in [1.29, 1.82) is 0 Å². The molecule has 2 fully saturated rings. The molecule has 0 unspecified atom stereocenters. The zero-order valence-electron chi connectivity index (χ0n) is 14.5. The number of hydrogen-bond donors (Lipinski definition) is 1. The van der Waals surface area contributed by atoms with Crippen molar-refractivity contribution < 1.29 is 19.1 Å². The van der Waals surface area contributed by atoms with Crippen molar-refractivity contribution in [2.24, 2.45) is 0 Å². The highest BCUT2D eigenvalue weighted by Gasteiger charge is 2.42. The topological polar surface area (TPSA) is 79.0 Å². The summed E-state index contributed by atoms with van der Waals surface area (Å²) in [6.07, 6.45) is -0.108. The molecule has 0 saturated carbocycles. The second-order valence-electron chi connectivity index (χ2n) is 6.50. The number of benzene rings is 1. The fourth-order valence-electron chi connectivity index (χ4n) is 3.38. The molecule has 2 aliphatic heterocycles. The van der Waals surface area contributed by atoms with Gasteiger partial charge in [-0.3, -0.25) is 14.4 Å². The second-order valence-corrected chi connectivity index (χ2v) is 6.50. The van der Waals surface area contributed by atoms with E-state index in [0.29, 0.717) is 19.5 Å². The fraction of sp³-hybridized carbons (Fsp3) is 0.500. The Bertz CT molecular complexity index is 691. The summed E-state index contributed by atoms with van der Waals surface area (Å²) in [5, 5.41) is 2.76. The molecule has 7 heteroatoms. The third-order valence-electron chi connectivity index (χ3n) is 4.81. The first-order chi connectivity index (χ1) is 12.0. The lowest BCUT2D eigenvalue weighted by molar-refractivity contribution is -0.168. The smallest absolute Gasteiger partial charge is 0.254 e. The zero-order valence-corrected chi connectivity index (χ0v) is 14.5. The molecule has 0 radical (unpaired) electrons. The molecule has 2 heterocycles. The van der Waals surface area contributed by atoms with Crippen LogP contribution in [0.3, 0.4) is 0 Å². The van der Waals surface area contributed by atoms with E-state index in [1.165, 1.54) is 4.90 Å². The van der Waals surface area contributed by atoms with Gasteiger partial charge in [-0.2, -0.15) is 0 Å². The van der Waals surface area contributed by atoms with E-state index in [9.17, 15) is 14.4 Å². The van der Waals surface area contributed by atoms with Gasteiger partial charge in [-0.25, -0.2) is 0 Å². The summed E-state index contributed by atoms with van der Waals surface area (Å²) >= 11 is 0. The van der Waals surface area contributed by atoms with Crippen molar-refractivity contribution in [3.05, 3.63) is 35.4 Å². The molecule has 2 atom stereocenters. The number of morpholine rings is 1. The number of amides is 3. The molecule has 134 valence electrons. The molecule has 1 aromatic rings. The highest BCUT2D eigenvalue weighted by molar-refractivity contribution is 5.90. The number of rotatable bonds is 2. The highest BCUT2D eigenvalue weighted by Crippen LogP contribution is 2.32. The molecular formula is C18H23N3O4. The first kappa shape index (κ1) is 17.4. The lowest BCUT2D eigenvalue weighted by Crippen LogP contribution is -2.54. The SMILES string of the molecule is Cc1ccccc1[C@@H]1[C@@H](C(=O)N2CCCNC(=O)C2)OCC(=O)N1C. The average Bonchev–Trinajstić information content (AvgIpc) is 2.82. The molecule has 1 aromatic carbocycles. The van der Waals surface area contributed by atoms with E-state index in [1.807, 2.05) is 31.2 Å². The van der Waals surface area contributed by atoms with Crippen LogP contribution in [0.15, 0.2) is 24.3 Å². The van der Waals surface area contributed by atoms with E-state index in [-0.39, 0.29) is 30.9 Å². The van der Waals surface area contributed by atoms with Crippen LogP contribution in [0.25, 0.3) is 0 Å². The number of carbonyl (C=O) groups excluding carboxylic acids is 3. The predicted octanol–water partition coefficient (Wildman–Crippen LogP) is 0.242. The first-order valence-corrected chi connectivity index (χ1v) is 8.47. The van der Waals surface area contributed by atoms with E-state index in [0.717, 1.165) is 11.1 Å². The van der Waals surface area contributed by atoms with Crippen molar-refractivity contribution in [3.63, 3.8) is 0 Å². The minimum absolute atomic E-state index is 0.0246. The Morgan fingerprint density at radius 1 is 1.28 bits per heavy atom. The van der Waals surface area contributed by atoms with Crippen LogP contribution in [0, 0.1) is 6.92 Å². The minimum atomic E-state index is -0.810. The molecule has 0 bridgehead atoms. The number of hydrogen-bond acceptors (Lipinski definition) is 4. The van der Waals surface area contributed by atoms with E-state index >= 15 is 0 Å². The van der Waals surface area contributed by atoms with Gasteiger partial charge in [-0.1, -0.05) is 24.3 Å². The first-order valence-electron chi connectivity index (χ1n) is 8.47. The largest absolute Gasteiger partial charge is 0.356 e. The Labute approximate surface area is 146 Å². The van der Waals surface area contributed by atoms with Gasteiger partial charge in [-0.05, 0) is 24.5 Å². The van der Waals surface area contributed by atoms with Gasteiger partial charge in [0, 0.05) is 20.1 Å². The van der Waals surface area contributed by atoms with Crippen molar-refractivity contribution in [1.82, 2.24) is 15.1 Å². The minimum Gasteiger partial charge on any atom is -0.356 e. The maximum atomic E-state index is 13.1. The van der Waals surface area contributed by atoms with Crippen LogP contribution in [0.1, 0.15) is 23.6 Å². The summed E-state index contributed by atoms with van der Waals surface area (Å²) in [4.78, 5) is 40.1. The molecule has 2 saturated heterocycles. The van der Waals surface area contributed by atoms with Crippen LogP contribution in [0.5, 0.6) is 0 Å². The summed E-state index contributed by atoms with van der Waals surface area (Å²) in [6, 6.07) is 7.16. The van der Waals surface area contributed by atoms with Crippen molar-refractivity contribution >= 4 is 17.7 Å². The van der Waals surface area contributed by atoms with Gasteiger partial charge in [0.15, 0.2) is 6.10 Å². The maximum absolute atomic E-state index is 13.1. The lowest BCUT2D eigenvalue weighted by atomic mass is 9.93. The van der Waals surface area contributed by atoms with Gasteiger partial charge in [0.25, 0.3) is 5.91 Å². The third kappa shape index (κ3) is 3.51. The number of nitrogens with zero attached hydrogens (tertiary/aromatic N) is 2. The molecule has 7 nitrogen and oxygen atoms in total. The molecule has 2 aliphatic rings. The Balaban J connectivity index is 1.91. The van der Waals surface area contributed by atoms with E-state index < -0.39 is 12.1 Å². The van der Waals surface area contributed by atoms with Crippen molar-refractivity contribution in [2.75, 3.05) is 33.3 Å². The summed E-state index contributed by atoms with van der Waals surface area (Å²) in [5.41, 5.74) is 1.87. The number of aryl methyl sites for hydroxylation is 1. The van der Waals surface area contributed by atoms with Gasteiger partial charge >= 0.3 is 0 Å². The summed E-state index contributed by atoms with van der Waals surface area (Å²) in [5.74, 6) is -0.575. The molecule has 1 N–H and O–H groups in total. The predicted molar refractivity (Wildman–Crippen MR) is 90.6 cm³/mol. The summed E-state index contributed by atoms with van der Waals surface area (Å²) in [7, 11) is 1.69. The zero-order chi connectivity index (χ0) is 18.0. The molecular weight excluding hydrogens is 322 g/mol. The Hall–Kier alpha value is -2.41. The number of ether oxygens (including phenoxy) is 1. The Kier molecular flexibility index (Phi) is 5.03. The van der Waals surface area contributed by atoms with Crippen LogP contribution in [-0.2, 0) is 19.1 Å². The molecule has 3 rings (SSSR count). The monoisotopic (exact) mass is 345 g/mol. The van der Waals surface area contributed by atoms with Crippen LogP contribution < -0.4 is 5.32 Å². The molecule has 25 heavy (non-hydrogen) atoms. The second kappa shape index (κ2) is 7.23. The Morgan fingerprint density at radius 3 is 2.80 bits per heavy atom. The van der Waals surface area contributed by atoms with Crippen LogP contribution in [0.2, 0.25) is 0 Å². The fourth-order valence-corrected chi connectivity index (χ4v) is 3.38. The van der Waals surface area contributed by atoms with Gasteiger partial charge in [0.05, 0.1) is 12.6 Å². The van der Waals surface area contributed by atoms with Gasteiger partial charge in [0.2, 0.25) is 11.8 Å². The van der Waals surface area contributed by atoms with Crippen LogP contribution in [-0.4, -0.2) is 66.9 Å². The average molecular weight is 345 g/mol. The highest BCUT2D eigenvalue weighted by atomic mass is 16.5. The molecule has 0 aromatic heterocycles. The van der Waals surface area contributed by atoms with Gasteiger partial charge in [-0.15, -0.1) is 0 Å². The van der Waals surface area contributed by atoms with E-state index in [4.69, 9.17) is 4.74 Å². The number of nitrogens with one attached hydrogen (secondary N) is 1. The molecule has 0 spiro atoms.